The Labute approximate surface area is 75.3 Å². The van der Waals surface area contributed by atoms with Crippen LogP contribution in [-0.4, -0.2) is 19.3 Å². The Bertz CT molecular complexity index is 347. The monoisotopic (exact) mass is 179 g/mol. The zero-order chi connectivity index (χ0) is 9.84. The second-order valence-electron chi connectivity index (χ2n) is 2.44. The number of hydrogen-bond acceptors (Lipinski definition) is 3. The summed E-state index contributed by atoms with van der Waals surface area (Å²) in [5.41, 5.74) is 5.79. The van der Waals surface area contributed by atoms with Crippen molar-refractivity contribution >= 4 is 12.2 Å². The lowest BCUT2D eigenvalue weighted by Crippen LogP contribution is -2.12. The lowest BCUT2D eigenvalue weighted by Gasteiger charge is -2.04. The average molecular weight is 179 g/mol. The van der Waals surface area contributed by atoms with Crippen LogP contribution in [0.1, 0.15) is 20.7 Å². The summed E-state index contributed by atoms with van der Waals surface area (Å²) in [4.78, 5) is 21.2. The first kappa shape index (κ1) is 9.25. The van der Waals surface area contributed by atoms with E-state index in [0.717, 1.165) is 0 Å². The SMILES string of the molecule is COc1cc(C=O)ccc1C(N)=O. The molecule has 0 fully saturated rings. The van der Waals surface area contributed by atoms with Crippen LogP contribution in [-0.2, 0) is 0 Å². The number of amides is 1. The van der Waals surface area contributed by atoms with Crippen molar-refractivity contribution in [3.05, 3.63) is 29.3 Å². The number of nitrogens with two attached hydrogens (primary N) is 1. The molecule has 4 heteroatoms. The molecule has 0 aliphatic rings. The van der Waals surface area contributed by atoms with Crippen molar-refractivity contribution in [1.29, 1.82) is 0 Å². The molecule has 0 bridgehead atoms. The smallest absolute Gasteiger partial charge is 0.252 e. The fourth-order valence-electron chi connectivity index (χ4n) is 0.985. The van der Waals surface area contributed by atoms with Crippen molar-refractivity contribution in [3.8, 4) is 5.75 Å². The molecule has 0 unspecified atom stereocenters. The van der Waals surface area contributed by atoms with Crippen LogP contribution in [0.3, 0.4) is 0 Å². The number of rotatable bonds is 3. The summed E-state index contributed by atoms with van der Waals surface area (Å²) in [6.07, 6.45) is 0.674. The second kappa shape index (κ2) is 3.71. The van der Waals surface area contributed by atoms with Gasteiger partial charge in [0.2, 0.25) is 0 Å². The largest absolute Gasteiger partial charge is 0.496 e. The van der Waals surface area contributed by atoms with E-state index >= 15 is 0 Å². The van der Waals surface area contributed by atoms with Crippen LogP contribution in [0.2, 0.25) is 0 Å². The fraction of sp³-hybridized carbons (Fsp3) is 0.111. The first-order valence-corrected chi connectivity index (χ1v) is 3.62. The number of methoxy groups -OCH3 is 1. The number of primary amides is 1. The minimum atomic E-state index is -0.575. The molecule has 0 radical (unpaired) electrons. The number of ether oxygens (including phenoxy) is 1. The predicted molar refractivity (Wildman–Crippen MR) is 46.9 cm³/mol. The van der Waals surface area contributed by atoms with E-state index in [1.54, 1.807) is 0 Å². The van der Waals surface area contributed by atoms with Crippen LogP contribution in [0, 0.1) is 0 Å². The zero-order valence-corrected chi connectivity index (χ0v) is 7.11. The van der Waals surface area contributed by atoms with Gasteiger partial charge in [-0.2, -0.15) is 0 Å². The predicted octanol–water partition coefficient (Wildman–Crippen LogP) is 0.607. The van der Waals surface area contributed by atoms with Gasteiger partial charge in [-0.05, 0) is 12.1 Å². The Morgan fingerprint density at radius 1 is 1.54 bits per heavy atom. The summed E-state index contributed by atoms with van der Waals surface area (Å²) in [6.45, 7) is 0. The zero-order valence-electron chi connectivity index (χ0n) is 7.11. The standard InChI is InChI=1S/C9H9NO3/c1-13-8-4-6(5-11)2-3-7(8)9(10)12/h2-5H,1H3,(H2,10,12). The van der Waals surface area contributed by atoms with E-state index in [2.05, 4.69) is 0 Å². The summed E-state index contributed by atoms with van der Waals surface area (Å²) in [5.74, 6) is -0.258. The summed E-state index contributed by atoms with van der Waals surface area (Å²) < 4.78 is 4.89. The number of aldehydes is 1. The van der Waals surface area contributed by atoms with E-state index in [1.807, 2.05) is 0 Å². The topological polar surface area (TPSA) is 69.4 Å². The van der Waals surface area contributed by atoms with Gasteiger partial charge in [0.05, 0.1) is 12.7 Å². The highest BCUT2D eigenvalue weighted by atomic mass is 16.5. The van der Waals surface area contributed by atoms with Crippen molar-refractivity contribution in [2.45, 2.75) is 0 Å². The summed E-state index contributed by atoms with van der Waals surface area (Å²) >= 11 is 0. The van der Waals surface area contributed by atoms with Crippen LogP contribution < -0.4 is 10.5 Å². The molecule has 0 heterocycles. The van der Waals surface area contributed by atoms with Crippen molar-refractivity contribution in [3.63, 3.8) is 0 Å². The Morgan fingerprint density at radius 2 is 2.23 bits per heavy atom. The number of hydrogen-bond donors (Lipinski definition) is 1. The van der Waals surface area contributed by atoms with Gasteiger partial charge in [-0.1, -0.05) is 6.07 Å². The van der Waals surface area contributed by atoms with Gasteiger partial charge in [0.1, 0.15) is 12.0 Å². The van der Waals surface area contributed by atoms with Gasteiger partial charge in [0.15, 0.2) is 0 Å². The van der Waals surface area contributed by atoms with Crippen molar-refractivity contribution < 1.29 is 14.3 Å². The fourth-order valence-corrected chi connectivity index (χ4v) is 0.985. The van der Waals surface area contributed by atoms with E-state index in [-0.39, 0.29) is 5.56 Å². The molecule has 0 aliphatic heterocycles. The van der Waals surface area contributed by atoms with Crippen molar-refractivity contribution in [2.75, 3.05) is 7.11 Å². The van der Waals surface area contributed by atoms with Crippen LogP contribution in [0.5, 0.6) is 5.75 Å². The molecule has 0 aromatic heterocycles. The molecule has 0 atom stereocenters. The van der Waals surface area contributed by atoms with Crippen LogP contribution >= 0.6 is 0 Å². The molecular formula is C9H9NO3. The van der Waals surface area contributed by atoms with Gasteiger partial charge in [0.25, 0.3) is 5.91 Å². The number of benzene rings is 1. The molecule has 68 valence electrons. The van der Waals surface area contributed by atoms with Gasteiger partial charge < -0.3 is 10.5 Å². The van der Waals surface area contributed by atoms with E-state index < -0.39 is 5.91 Å². The van der Waals surface area contributed by atoms with Crippen LogP contribution in [0.25, 0.3) is 0 Å². The number of carbonyl (C=O) groups excluding carboxylic acids is 2. The third-order valence-electron chi connectivity index (χ3n) is 1.63. The average Bonchev–Trinajstić information content (AvgIpc) is 2.16. The summed E-state index contributed by atoms with van der Waals surface area (Å²) in [7, 11) is 1.41. The van der Waals surface area contributed by atoms with Gasteiger partial charge in [0, 0.05) is 5.56 Å². The summed E-state index contributed by atoms with van der Waals surface area (Å²) in [6, 6.07) is 4.44. The highest BCUT2D eigenvalue weighted by molar-refractivity contribution is 5.96. The Morgan fingerprint density at radius 3 is 2.69 bits per heavy atom. The molecular weight excluding hydrogens is 170 g/mol. The maximum absolute atomic E-state index is 10.8. The maximum Gasteiger partial charge on any atom is 0.252 e. The van der Waals surface area contributed by atoms with Crippen LogP contribution in [0.15, 0.2) is 18.2 Å². The molecule has 13 heavy (non-hydrogen) atoms. The molecule has 0 aliphatic carbocycles. The van der Waals surface area contributed by atoms with Gasteiger partial charge >= 0.3 is 0 Å². The molecule has 4 nitrogen and oxygen atoms in total. The normalized spacial score (nSPS) is 9.31. The maximum atomic E-state index is 10.8. The van der Waals surface area contributed by atoms with Gasteiger partial charge in [-0.3, -0.25) is 9.59 Å². The Kier molecular flexibility index (Phi) is 2.64. The van der Waals surface area contributed by atoms with Crippen LogP contribution in [0.4, 0.5) is 0 Å². The molecule has 0 saturated carbocycles. The number of carbonyl (C=O) groups is 2. The molecule has 0 spiro atoms. The molecule has 2 N–H and O–H groups in total. The van der Waals surface area contributed by atoms with Gasteiger partial charge in [-0.25, -0.2) is 0 Å². The highest BCUT2D eigenvalue weighted by Gasteiger charge is 2.08. The molecule has 1 aromatic carbocycles. The van der Waals surface area contributed by atoms with E-state index in [9.17, 15) is 9.59 Å². The first-order valence-electron chi connectivity index (χ1n) is 3.62. The lowest BCUT2D eigenvalue weighted by atomic mass is 10.1. The van der Waals surface area contributed by atoms with E-state index in [1.165, 1.54) is 25.3 Å². The minimum Gasteiger partial charge on any atom is -0.496 e. The summed E-state index contributed by atoms with van der Waals surface area (Å²) in [5, 5.41) is 0. The highest BCUT2D eigenvalue weighted by Crippen LogP contribution is 2.18. The Hall–Kier alpha value is -1.84. The quantitative estimate of drug-likeness (QED) is 0.691. The third kappa shape index (κ3) is 1.84. The molecule has 1 rings (SSSR count). The Balaban J connectivity index is 3.23. The van der Waals surface area contributed by atoms with E-state index in [4.69, 9.17) is 10.5 Å². The molecule has 1 amide bonds. The van der Waals surface area contributed by atoms with E-state index in [0.29, 0.717) is 17.6 Å². The van der Waals surface area contributed by atoms with Crippen molar-refractivity contribution in [2.24, 2.45) is 5.73 Å². The second-order valence-corrected chi connectivity index (χ2v) is 2.44. The third-order valence-corrected chi connectivity index (χ3v) is 1.63. The first-order chi connectivity index (χ1) is 6.19. The minimum absolute atomic E-state index is 0.271. The molecule has 0 saturated heterocycles. The molecule has 1 aromatic rings. The van der Waals surface area contributed by atoms with Crippen molar-refractivity contribution in [1.82, 2.24) is 0 Å². The lowest BCUT2D eigenvalue weighted by molar-refractivity contribution is 0.0996. The van der Waals surface area contributed by atoms with Gasteiger partial charge in [-0.15, -0.1) is 0 Å².